The van der Waals surface area contributed by atoms with Crippen LogP contribution in [0, 0.1) is 0 Å². The van der Waals surface area contributed by atoms with Gasteiger partial charge in [-0.2, -0.15) is 0 Å². The van der Waals surface area contributed by atoms with Crippen LogP contribution in [-0.2, 0) is 6.42 Å². The average molecular weight is 218 g/mol. The van der Waals surface area contributed by atoms with E-state index in [9.17, 15) is 4.79 Å². The van der Waals surface area contributed by atoms with Crippen molar-refractivity contribution in [1.29, 1.82) is 0 Å². The second-order valence-electron chi connectivity index (χ2n) is 3.83. The number of nitrogens with two attached hydrogens (primary N) is 1. The number of aromatic nitrogens is 1. The first-order valence-corrected chi connectivity index (χ1v) is 5.31. The molecule has 1 aromatic heterocycles. The Kier molecular flexibility index (Phi) is 2.64. The first kappa shape index (κ1) is 10.7. The second kappa shape index (κ2) is 3.96. The molecule has 0 aliphatic rings. The summed E-state index contributed by atoms with van der Waals surface area (Å²) < 4.78 is 5.57. The fraction of sp³-hybridized carbons (Fsp3) is 0.333. The van der Waals surface area contributed by atoms with E-state index in [4.69, 9.17) is 10.2 Å². The number of ketones is 1. The van der Waals surface area contributed by atoms with Crippen LogP contribution >= 0.6 is 0 Å². The third-order valence-corrected chi connectivity index (χ3v) is 2.40. The Hall–Kier alpha value is -1.84. The van der Waals surface area contributed by atoms with E-state index in [-0.39, 0.29) is 5.78 Å². The first-order chi connectivity index (χ1) is 7.61. The summed E-state index contributed by atoms with van der Waals surface area (Å²) >= 11 is 0. The predicted octanol–water partition coefficient (Wildman–Crippen LogP) is 2.57. The quantitative estimate of drug-likeness (QED) is 0.635. The molecule has 0 aliphatic heterocycles. The number of carbonyl (C=O) groups is 1. The van der Waals surface area contributed by atoms with Crippen molar-refractivity contribution in [2.75, 3.05) is 5.73 Å². The number of anilines is 1. The van der Waals surface area contributed by atoms with Gasteiger partial charge >= 0.3 is 0 Å². The van der Waals surface area contributed by atoms with Crippen LogP contribution < -0.4 is 5.73 Å². The molecule has 0 bridgehead atoms. The topological polar surface area (TPSA) is 69.1 Å². The van der Waals surface area contributed by atoms with E-state index >= 15 is 0 Å². The Labute approximate surface area is 93.5 Å². The molecule has 84 valence electrons. The molecule has 0 radical (unpaired) electrons. The summed E-state index contributed by atoms with van der Waals surface area (Å²) in [7, 11) is 0. The first-order valence-electron chi connectivity index (χ1n) is 5.31. The number of nitrogen functional groups attached to an aromatic ring is 1. The number of hydrogen-bond donors (Lipinski definition) is 1. The molecular weight excluding hydrogens is 204 g/mol. The highest BCUT2D eigenvalue weighted by Crippen LogP contribution is 2.24. The maximum atomic E-state index is 11.4. The van der Waals surface area contributed by atoms with Crippen LogP contribution in [0.15, 0.2) is 16.5 Å². The van der Waals surface area contributed by atoms with Crippen LogP contribution in [0.4, 0.5) is 5.69 Å². The number of Topliss-reactive ketones (excluding diaryl/α,β-unsaturated/α-hetero) is 1. The number of nitrogens with zero attached hydrogens (tertiary/aromatic N) is 1. The number of oxazole rings is 1. The summed E-state index contributed by atoms with van der Waals surface area (Å²) in [6, 6.07) is 3.36. The SMILES string of the molecule is CCCc1nc2cc(N)cc(C(C)=O)c2o1. The molecule has 2 aromatic rings. The van der Waals surface area contributed by atoms with Crippen LogP contribution in [0.25, 0.3) is 11.1 Å². The molecule has 0 spiro atoms. The minimum atomic E-state index is -0.0588. The van der Waals surface area contributed by atoms with Crippen molar-refractivity contribution in [3.8, 4) is 0 Å². The highest BCUT2D eigenvalue weighted by atomic mass is 16.3. The smallest absolute Gasteiger partial charge is 0.195 e. The van der Waals surface area contributed by atoms with Crippen molar-refractivity contribution < 1.29 is 9.21 Å². The van der Waals surface area contributed by atoms with Crippen LogP contribution in [-0.4, -0.2) is 10.8 Å². The van der Waals surface area contributed by atoms with Gasteiger partial charge in [0.25, 0.3) is 0 Å². The maximum Gasteiger partial charge on any atom is 0.195 e. The third kappa shape index (κ3) is 1.78. The molecule has 1 aromatic carbocycles. The van der Waals surface area contributed by atoms with E-state index in [2.05, 4.69) is 11.9 Å². The van der Waals surface area contributed by atoms with Gasteiger partial charge in [0, 0.05) is 12.1 Å². The summed E-state index contributed by atoms with van der Waals surface area (Å²) in [5.74, 6) is 0.599. The van der Waals surface area contributed by atoms with Gasteiger partial charge < -0.3 is 10.2 Å². The normalized spacial score (nSPS) is 10.9. The van der Waals surface area contributed by atoms with E-state index in [1.54, 1.807) is 12.1 Å². The summed E-state index contributed by atoms with van der Waals surface area (Å²) in [4.78, 5) is 15.7. The van der Waals surface area contributed by atoms with Crippen molar-refractivity contribution in [2.24, 2.45) is 0 Å². The van der Waals surface area contributed by atoms with Crippen LogP contribution in [0.5, 0.6) is 0 Å². The van der Waals surface area contributed by atoms with Gasteiger partial charge in [0.15, 0.2) is 17.3 Å². The highest BCUT2D eigenvalue weighted by Gasteiger charge is 2.13. The lowest BCUT2D eigenvalue weighted by Crippen LogP contribution is -1.95. The fourth-order valence-electron chi connectivity index (χ4n) is 1.68. The van der Waals surface area contributed by atoms with E-state index in [0.29, 0.717) is 28.2 Å². The molecule has 2 rings (SSSR count). The van der Waals surface area contributed by atoms with Crippen molar-refractivity contribution in [2.45, 2.75) is 26.7 Å². The van der Waals surface area contributed by atoms with Gasteiger partial charge in [0.1, 0.15) is 5.52 Å². The number of carbonyl (C=O) groups excluding carboxylic acids is 1. The molecule has 0 saturated heterocycles. The molecule has 1 heterocycles. The van der Waals surface area contributed by atoms with Gasteiger partial charge in [-0.25, -0.2) is 4.98 Å². The van der Waals surface area contributed by atoms with Gasteiger partial charge in [-0.1, -0.05) is 6.92 Å². The minimum absolute atomic E-state index is 0.0588. The fourth-order valence-corrected chi connectivity index (χ4v) is 1.68. The largest absolute Gasteiger partial charge is 0.440 e. The summed E-state index contributed by atoms with van der Waals surface area (Å²) in [6.07, 6.45) is 1.73. The number of benzene rings is 1. The molecule has 2 N–H and O–H groups in total. The number of fused-ring (bicyclic) bond motifs is 1. The van der Waals surface area contributed by atoms with Crippen molar-refractivity contribution in [1.82, 2.24) is 4.98 Å². The zero-order chi connectivity index (χ0) is 11.7. The number of rotatable bonds is 3. The minimum Gasteiger partial charge on any atom is -0.440 e. The van der Waals surface area contributed by atoms with Crippen LogP contribution in [0.1, 0.15) is 36.5 Å². The zero-order valence-electron chi connectivity index (χ0n) is 9.41. The molecule has 0 atom stereocenters. The third-order valence-electron chi connectivity index (χ3n) is 2.40. The van der Waals surface area contributed by atoms with Gasteiger partial charge in [-0.15, -0.1) is 0 Å². The monoisotopic (exact) mass is 218 g/mol. The molecule has 16 heavy (non-hydrogen) atoms. The van der Waals surface area contributed by atoms with E-state index in [0.717, 1.165) is 12.8 Å². The molecule has 0 aliphatic carbocycles. The van der Waals surface area contributed by atoms with E-state index in [1.165, 1.54) is 6.92 Å². The number of aryl methyl sites for hydroxylation is 1. The van der Waals surface area contributed by atoms with Crippen molar-refractivity contribution in [3.05, 3.63) is 23.6 Å². The van der Waals surface area contributed by atoms with E-state index < -0.39 is 0 Å². The number of hydrogen-bond acceptors (Lipinski definition) is 4. The van der Waals surface area contributed by atoms with Gasteiger partial charge in [-0.05, 0) is 25.5 Å². The molecule has 0 saturated carbocycles. The van der Waals surface area contributed by atoms with Gasteiger partial charge in [0.05, 0.1) is 5.56 Å². The van der Waals surface area contributed by atoms with Crippen molar-refractivity contribution >= 4 is 22.6 Å². The van der Waals surface area contributed by atoms with Crippen LogP contribution in [0.2, 0.25) is 0 Å². The van der Waals surface area contributed by atoms with E-state index in [1.807, 2.05) is 0 Å². The Morgan fingerprint density at radius 1 is 1.50 bits per heavy atom. The van der Waals surface area contributed by atoms with Gasteiger partial charge in [-0.3, -0.25) is 4.79 Å². The predicted molar refractivity (Wildman–Crippen MR) is 62.4 cm³/mol. The molecule has 0 fully saturated rings. The standard InChI is InChI=1S/C12H14N2O2/c1-3-4-11-14-10-6-8(13)5-9(7(2)15)12(10)16-11/h5-6H,3-4,13H2,1-2H3. The summed E-state index contributed by atoms with van der Waals surface area (Å²) in [5, 5.41) is 0. The Balaban J connectivity index is 2.65. The molecular formula is C12H14N2O2. The highest BCUT2D eigenvalue weighted by molar-refractivity contribution is 6.05. The maximum absolute atomic E-state index is 11.4. The van der Waals surface area contributed by atoms with Gasteiger partial charge in [0.2, 0.25) is 0 Å². The molecule has 4 heteroatoms. The zero-order valence-corrected chi connectivity index (χ0v) is 9.41. The molecule has 4 nitrogen and oxygen atoms in total. The summed E-state index contributed by atoms with van der Waals surface area (Å²) in [5.41, 5.74) is 7.96. The summed E-state index contributed by atoms with van der Waals surface area (Å²) in [6.45, 7) is 3.55. The Morgan fingerprint density at radius 3 is 2.88 bits per heavy atom. The Morgan fingerprint density at radius 2 is 2.25 bits per heavy atom. The van der Waals surface area contributed by atoms with Crippen LogP contribution in [0.3, 0.4) is 0 Å². The molecule has 0 amide bonds. The van der Waals surface area contributed by atoms with Crippen molar-refractivity contribution in [3.63, 3.8) is 0 Å². The molecule has 0 unspecified atom stereocenters. The lowest BCUT2D eigenvalue weighted by atomic mass is 10.1. The average Bonchev–Trinajstić information content (AvgIpc) is 2.59. The Bertz CT molecular complexity index is 543. The lowest BCUT2D eigenvalue weighted by Gasteiger charge is -1.98. The second-order valence-corrected chi connectivity index (χ2v) is 3.83. The lowest BCUT2D eigenvalue weighted by molar-refractivity contribution is 0.101.